The first-order valence-electron chi connectivity index (χ1n) is 7.30. The van der Waals surface area contributed by atoms with E-state index < -0.39 is 15.8 Å². The van der Waals surface area contributed by atoms with Gasteiger partial charge >= 0.3 is 0 Å². The number of aromatic nitrogens is 1. The zero-order chi connectivity index (χ0) is 15.8. The van der Waals surface area contributed by atoms with Crippen LogP contribution in [0.1, 0.15) is 12.8 Å². The average Bonchev–Trinajstić information content (AvgIpc) is 3.08. The fourth-order valence-corrected chi connectivity index (χ4v) is 4.19. The zero-order valence-corrected chi connectivity index (χ0v) is 13.6. The lowest BCUT2D eigenvalue weighted by atomic mass is 9.98. The molecule has 2 aliphatic heterocycles. The highest BCUT2D eigenvalue weighted by molar-refractivity contribution is 7.86. The van der Waals surface area contributed by atoms with Gasteiger partial charge in [-0.15, -0.1) is 0 Å². The van der Waals surface area contributed by atoms with Crippen LogP contribution in [0.25, 0.3) is 0 Å². The molecule has 0 radical (unpaired) electrons. The van der Waals surface area contributed by atoms with Crippen LogP contribution in [0.3, 0.4) is 0 Å². The first-order chi connectivity index (χ1) is 10.4. The molecule has 122 valence electrons. The summed E-state index contributed by atoms with van der Waals surface area (Å²) in [5, 5.41) is 0. The topological polar surface area (TPSA) is 72.0 Å². The van der Waals surface area contributed by atoms with Gasteiger partial charge in [-0.1, -0.05) is 0 Å². The van der Waals surface area contributed by atoms with E-state index >= 15 is 0 Å². The molecule has 8 heteroatoms. The van der Waals surface area contributed by atoms with Crippen molar-refractivity contribution in [1.82, 2.24) is 13.6 Å². The van der Waals surface area contributed by atoms with Gasteiger partial charge in [0.05, 0.1) is 18.4 Å². The Morgan fingerprint density at radius 1 is 1.50 bits per heavy atom. The fraction of sp³-hybridized carbons (Fsp3) is 0.643. The van der Waals surface area contributed by atoms with E-state index in [1.807, 2.05) is 12.1 Å². The van der Waals surface area contributed by atoms with Gasteiger partial charge in [0.15, 0.2) is 0 Å². The van der Waals surface area contributed by atoms with Gasteiger partial charge in [0, 0.05) is 39.8 Å². The molecule has 2 saturated heterocycles. The van der Waals surface area contributed by atoms with Crippen LogP contribution < -0.4 is 4.74 Å². The van der Waals surface area contributed by atoms with Crippen molar-refractivity contribution >= 4 is 10.2 Å². The summed E-state index contributed by atoms with van der Waals surface area (Å²) >= 11 is 0. The number of hydrogen-bond acceptors (Lipinski definition) is 5. The third-order valence-electron chi connectivity index (χ3n) is 4.18. The van der Waals surface area contributed by atoms with Crippen molar-refractivity contribution in [2.45, 2.75) is 24.5 Å². The Labute approximate surface area is 131 Å². The lowest BCUT2D eigenvalue weighted by Crippen LogP contribution is -2.41. The minimum atomic E-state index is -3.38. The minimum Gasteiger partial charge on any atom is -0.486 e. The summed E-state index contributed by atoms with van der Waals surface area (Å²) in [5.41, 5.74) is -0.421. The second-order valence-corrected chi connectivity index (χ2v) is 8.14. The molecule has 2 fully saturated rings. The highest BCUT2D eigenvalue weighted by Gasteiger charge is 2.49. The molecule has 0 N–H and O–H groups in total. The lowest BCUT2D eigenvalue weighted by Gasteiger charge is -2.24. The first kappa shape index (κ1) is 15.7. The van der Waals surface area contributed by atoms with E-state index in [-0.39, 0.29) is 6.10 Å². The number of rotatable bonds is 4. The fourth-order valence-electron chi connectivity index (χ4n) is 3.01. The standard InChI is InChI=1S/C14H21N3O4S/c1-16(2)22(18,19)17-7-5-14(11-17)8-13(10-20-14)21-12-4-3-6-15-9-12/h3-4,6,9,13H,5,7-8,10-11H2,1-2H3/t13-,14-/m0/s1. The number of pyridine rings is 1. The van der Waals surface area contributed by atoms with E-state index in [9.17, 15) is 8.42 Å². The summed E-state index contributed by atoms with van der Waals surface area (Å²) in [7, 11) is -0.289. The second-order valence-electron chi connectivity index (χ2n) is 6.00. The van der Waals surface area contributed by atoms with Gasteiger partial charge < -0.3 is 9.47 Å². The molecule has 0 bridgehead atoms. The van der Waals surface area contributed by atoms with Gasteiger partial charge in [-0.25, -0.2) is 0 Å². The SMILES string of the molecule is CN(C)S(=O)(=O)N1CC[C@]2(C[C@H](Oc3cccnc3)CO2)C1. The third kappa shape index (κ3) is 2.96. The maximum Gasteiger partial charge on any atom is 0.281 e. The molecular weight excluding hydrogens is 306 g/mol. The van der Waals surface area contributed by atoms with Crippen molar-refractivity contribution in [1.29, 1.82) is 0 Å². The molecule has 0 unspecified atom stereocenters. The van der Waals surface area contributed by atoms with E-state index in [4.69, 9.17) is 9.47 Å². The van der Waals surface area contributed by atoms with Crippen molar-refractivity contribution in [2.75, 3.05) is 33.8 Å². The Kier molecular flexibility index (Phi) is 4.11. The number of nitrogens with zero attached hydrogens (tertiary/aromatic N) is 3. The zero-order valence-electron chi connectivity index (χ0n) is 12.8. The van der Waals surface area contributed by atoms with Gasteiger partial charge in [0.1, 0.15) is 11.9 Å². The van der Waals surface area contributed by atoms with Crippen molar-refractivity contribution in [2.24, 2.45) is 0 Å². The predicted molar refractivity (Wildman–Crippen MR) is 80.7 cm³/mol. The number of ether oxygens (including phenoxy) is 2. The van der Waals surface area contributed by atoms with Gasteiger partial charge in [0.2, 0.25) is 0 Å². The predicted octanol–water partition coefficient (Wildman–Crippen LogP) is 0.500. The van der Waals surface area contributed by atoms with E-state index in [1.54, 1.807) is 26.5 Å². The van der Waals surface area contributed by atoms with Crippen LogP contribution in [0.4, 0.5) is 0 Å². The monoisotopic (exact) mass is 327 g/mol. The smallest absolute Gasteiger partial charge is 0.281 e. The molecule has 1 aromatic heterocycles. The van der Waals surface area contributed by atoms with Gasteiger partial charge in [0.25, 0.3) is 10.2 Å². The van der Waals surface area contributed by atoms with E-state index in [0.29, 0.717) is 38.3 Å². The van der Waals surface area contributed by atoms with Crippen LogP contribution in [0.15, 0.2) is 24.5 Å². The molecule has 2 atom stereocenters. The summed E-state index contributed by atoms with van der Waals surface area (Å²) in [6.07, 6.45) is 4.70. The Morgan fingerprint density at radius 2 is 2.32 bits per heavy atom. The summed E-state index contributed by atoms with van der Waals surface area (Å²) < 4.78 is 38.9. The van der Waals surface area contributed by atoms with Crippen molar-refractivity contribution in [3.05, 3.63) is 24.5 Å². The van der Waals surface area contributed by atoms with Gasteiger partial charge in [-0.05, 0) is 18.6 Å². The molecule has 1 aromatic rings. The molecule has 0 saturated carbocycles. The summed E-state index contributed by atoms with van der Waals surface area (Å²) in [5.74, 6) is 0.712. The molecule has 3 heterocycles. The Hall–Kier alpha value is -1.22. The molecule has 7 nitrogen and oxygen atoms in total. The van der Waals surface area contributed by atoms with Crippen molar-refractivity contribution < 1.29 is 17.9 Å². The van der Waals surface area contributed by atoms with Gasteiger partial charge in [-0.2, -0.15) is 17.0 Å². The van der Waals surface area contributed by atoms with E-state index in [2.05, 4.69) is 4.98 Å². The van der Waals surface area contributed by atoms with Crippen LogP contribution in [0, 0.1) is 0 Å². The molecule has 2 aliphatic rings. The van der Waals surface area contributed by atoms with E-state index in [0.717, 1.165) is 0 Å². The third-order valence-corrected chi connectivity index (χ3v) is 6.07. The van der Waals surface area contributed by atoms with Crippen LogP contribution >= 0.6 is 0 Å². The van der Waals surface area contributed by atoms with E-state index in [1.165, 1.54) is 8.61 Å². The van der Waals surface area contributed by atoms with Gasteiger partial charge in [-0.3, -0.25) is 4.98 Å². The number of hydrogen-bond donors (Lipinski definition) is 0. The molecule has 22 heavy (non-hydrogen) atoms. The average molecular weight is 327 g/mol. The molecule has 0 aromatic carbocycles. The Bertz CT molecular complexity index is 622. The van der Waals surface area contributed by atoms with Crippen LogP contribution in [-0.4, -0.2) is 67.5 Å². The normalized spacial score (nSPS) is 29.5. The Balaban J connectivity index is 1.63. The van der Waals surface area contributed by atoms with Crippen LogP contribution in [-0.2, 0) is 14.9 Å². The maximum absolute atomic E-state index is 12.2. The lowest BCUT2D eigenvalue weighted by molar-refractivity contribution is 0.0141. The molecular formula is C14H21N3O4S. The highest BCUT2D eigenvalue weighted by Crippen LogP contribution is 2.37. The summed E-state index contributed by atoms with van der Waals surface area (Å²) in [6, 6.07) is 3.68. The van der Waals surface area contributed by atoms with Crippen LogP contribution in [0.5, 0.6) is 5.75 Å². The minimum absolute atomic E-state index is 0.0637. The quantitative estimate of drug-likeness (QED) is 0.805. The van der Waals surface area contributed by atoms with Crippen LogP contribution in [0.2, 0.25) is 0 Å². The molecule has 0 aliphatic carbocycles. The highest BCUT2D eigenvalue weighted by atomic mass is 32.2. The maximum atomic E-state index is 12.2. The summed E-state index contributed by atoms with van der Waals surface area (Å²) in [6.45, 7) is 1.35. The first-order valence-corrected chi connectivity index (χ1v) is 8.69. The Morgan fingerprint density at radius 3 is 3.00 bits per heavy atom. The second kappa shape index (κ2) is 5.77. The molecule has 1 spiro atoms. The van der Waals surface area contributed by atoms with Crippen molar-refractivity contribution in [3.63, 3.8) is 0 Å². The summed E-state index contributed by atoms with van der Waals surface area (Å²) in [4.78, 5) is 4.02. The largest absolute Gasteiger partial charge is 0.486 e. The molecule has 0 amide bonds. The molecule has 3 rings (SSSR count). The van der Waals surface area contributed by atoms with Crippen molar-refractivity contribution in [3.8, 4) is 5.75 Å².